The number of aliphatic hydroxyl groups excluding tert-OH is 1. The van der Waals surface area contributed by atoms with E-state index < -0.39 is 6.10 Å². The zero-order valence-corrected chi connectivity index (χ0v) is 11.4. The number of nitrogens with zero attached hydrogens (tertiary/aromatic N) is 2. The molecule has 1 atom stereocenters. The van der Waals surface area contributed by atoms with Gasteiger partial charge in [0.2, 0.25) is 0 Å². The molecular formula is C17H16N2O. The molecule has 3 nitrogen and oxygen atoms in total. The third kappa shape index (κ3) is 3.53. The minimum absolute atomic E-state index is 0.636. The van der Waals surface area contributed by atoms with Gasteiger partial charge in [0.1, 0.15) is 6.10 Å². The molecule has 1 aromatic carbocycles. The largest absolute Gasteiger partial charge is 0.381 e. The van der Waals surface area contributed by atoms with E-state index in [0.29, 0.717) is 0 Å². The number of hydrogen-bond donors (Lipinski definition) is 1. The molecule has 3 heteroatoms. The molecule has 1 N–H and O–H groups in total. The second-order valence-corrected chi connectivity index (χ2v) is 4.40. The lowest BCUT2D eigenvalue weighted by Gasteiger charge is -2.07. The maximum absolute atomic E-state index is 9.23. The van der Waals surface area contributed by atoms with E-state index in [0.717, 1.165) is 28.8 Å². The van der Waals surface area contributed by atoms with Crippen LogP contribution < -0.4 is 0 Å². The quantitative estimate of drug-likeness (QED) is 0.684. The summed E-state index contributed by atoms with van der Waals surface area (Å²) in [7, 11) is 0. The van der Waals surface area contributed by atoms with Crippen LogP contribution >= 0.6 is 0 Å². The Morgan fingerprint density at radius 1 is 1.40 bits per heavy atom. The first-order valence-corrected chi connectivity index (χ1v) is 6.40. The summed E-state index contributed by atoms with van der Waals surface area (Å²) in [6.07, 6.45) is 7.03. The summed E-state index contributed by atoms with van der Waals surface area (Å²) in [6.45, 7) is 5.42. The molecule has 100 valence electrons. The summed E-state index contributed by atoms with van der Waals surface area (Å²) >= 11 is 0. The van der Waals surface area contributed by atoms with Crippen molar-refractivity contribution in [2.24, 2.45) is 0 Å². The smallest absolute Gasteiger partial charge is 0.112 e. The van der Waals surface area contributed by atoms with Gasteiger partial charge in [-0.05, 0) is 31.0 Å². The van der Waals surface area contributed by atoms with Gasteiger partial charge in [-0.2, -0.15) is 0 Å². The number of aliphatic hydroxyl groups is 1. The van der Waals surface area contributed by atoms with Crippen LogP contribution in [0.15, 0.2) is 49.4 Å². The number of rotatable bonds is 3. The molecule has 20 heavy (non-hydrogen) atoms. The van der Waals surface area contributed by atoms with Gasteiger partial charge in [0.15, 0.2) is 0 Å². The lowest BCUT2D eigenvalue weighted by atomic mass is 9.99. The van der Waals surface area contributed by atoms with Crippen molar-refractivity contribution in [1.82, 2.24) is 9.97 Å². The molecule has 0 aliphatic carbocycles. The Morgan fingerprint density at radius 3 is 2.90 bits per heavy atom. The molecule has 2 aromatic rings. The Labute approximate surface area is 119 Å². The fourth-order valence-corrected chi connectivity index (χ4v) is 1.85. The average molecular weight is 264 g/mol. The third-order valence-corrected chi connectivity index (χ3v) is 2.74. The van der Waals surface area contributed by atoms with Gasteiger partial charge in [-0.15, -0.1) is 6.58 Å². The van der Waals surface area contributed by atoms with Crippen molar-refractivity contribution in [1.29, 1.82) is 0 Å². The zero-order chi connectivity index (χ0) is 14.4. The molecule has 0 aliphatic heterocycles. The van der Waals surface area contributed by atoms with Crippen LogP contribution in [0.3, 0.4) is 0 Å². The van der Waals surface area contributed by atoms with E-state index in [-0.39, 0.29) is 0 Å². The van der Waals surface area contributed by atoms with Crippen LogP contribution in [0.5, 0.6) is 0 Å². The molecule has 0 bridgehead atoms. The van der Waals surface area contributed by atoms with E-state index >= 15 is 0 Å². The summed E-state index contributed by atoms with van der Waals surface area (Å²) in [5.41, 5.74) is 3.78. The number of benzene rings is 1. The predicted molar refractivity (Wildman–Crippen MR) is 79.9 cm³/mol. The summed E-state index contributed by atoms with van der Waals surface area (Å²) < 4.78 is 0. The highest BCUT2D eigenvalue weighted by atomic mass is 16.3. The number of aromatic nitrogens is 2. The van der Waals surface area contributed by atoms with Gasteiger partial charge in [0.25, 0.3) is 0 Å². The second-order valence-electron chi connectivity index (χ2n) is 4.40. The molecule has 1 heterocycles. The number of allylic oxidation sites excluding steroid dienone is 1. The van der Waals surface area contributed by atoms with E-state index in [1.54, 1.807) is 25.5 Å². The van der Waals surface area contributed by atoms with E-state index in [1.807, 2.05) is 24.3 Å². The molecule has 0 aliphatic rings. The minimum atomic E-state index is -0.636. The molecule has 0 radical (unpaired) electrons. The van der Waals surface area contributed by atoms with Crippen LogP contribution in [0.4, 0.5) is 0 Å². The van der Waals surface area contributed by atoms with Crippen molar-refractivity contribution >= 4 is 0 Å². The lowest BCUT2D eigenvalue weighted by Crippen LogP contribution is -1.94. The lowest BCUT2D eigenvalue weighted by molar-refractivity contribution is 0.253. The Hall–Kier alpha value is -2.44. The molecule has 2 rings (SSSR count). The van der Waals surface area contributed by atoms with E-state index in [1.165, 1.54) is 0 Å². The number of hydrogen-bond acceptors (Lipinski definition) is 3. The summed E-state index contributed by atoms with van der Waals surface area (Å²) in [6, 6.07) is 5.92. The zero-order valence-electron chi connectivity index (χ0n) is 11.4. The van der Waals surface area contributed by atoms with Gasteiger partial charge in [-0.1, -0.05) is 24.0 Å². The van der Waals surface area contributed by atoms with Crippen LogP contribution in [0.1, 0.15) is 18.1 Å². The van der Waals surface area contributed by atoms with Crippen molar-refractivity contribution in [3.8, 4) is 23.1 Å². The van der Waals surface area contributed by atoms with Crippen LogP contribution in [-0.4, -0.2) is 21.2 Å². The Balaban J connectivity index is 2.48. The fraction of sp³-hybridized carbons (Fsp3) is 0.176. The van der Waals surface area contributed by atoms with E-state index in [4.69, 9.17) is 0 Å². The highest BCUT2D eigenvalue weighted by Crippen LogP contribution is 2.23. The molecule has 1 unspecified atom stereocenters. The van der Waals surface area contributed by atoms with Gasteiger partial charge in [0, 0.05) is 23.5 Å². The van der Waals surface area contributed by atoms with Gasteiger partial charge in [-0.3, -0.25) is 9.97 Å². The molecule has 0 saturated carbocycles. The summed E-state index contributed by atoms with van der Waals surface area (Å²) in [4.78, 5) is 8.44. The van der Waals surface area contributed by atoms with Crippen molar-refractivity contribution in [3.63, 3.8) is 0 Å². The molecule has 0 saturated heterocycles. The predicted octanol–water partition coefficient (Wildman–Crippen LogP) is 2.60. The van der Waals surface area contributed by atoms with Gasteiger partial charge in [-0.25, -0.2) is 0 Å². The molecule has 0 amide bonds. The highest BCUT2D eigenvalue weighted by molar-refractivity contribution is 5.65. The first-order chi connectivity index (χ1) is 9.70. The normalized spacial score (nSPS) is 11.3. The molecular weight excluding hydrogens is 248 g/mol. The standard InChI is InChI=1S/C17H16N2O/c1-3-4-15-8-7-14(6-5-13(2)20)11-16(15)17-12-18-9-10-19-17/h3,7-13,20H,1,4H2,2H3. The van der Waals surface area contributed by atoms with E-state index in [9.17, 15) is 5.11 Å². The van der Waals surface area contributed by atoms with Crippen LogP contribution in [-0.2, 0) is 6.42 Å². The van der Waals surface area contributed by atoms with Gasteiger partial charge < -0.3 is 5.11 Å². The average Bonchev–Trinajstić information content (AvgIpc) is 2.47. The molecule has 1 aromatic heterocycles. The molecule has 0 fully saturated rings. The monoisotopic (exact) mass is 264 g/mol. The van der Waals surface area contributed by atoms with Crippen molar-refractivity contribution < 1.29 is 5.11 Å². The first-order valence-electron chi connectivity index (χ1n) is 6.40. The van der Waals surface area contributed by atoms with Crippen molar-refractivity contribution in [3.05, 3.63) is 60.6 Å². The Kier molecular flexibility index (Phi) is 4.65. The first kappa shape index (κ1) is 14.0. The highest BCUT2D eigenvalue weighted by Gasteiger charge is 2.06. The van der Waals surface area contributed by atoms with Crippen LogP contribution in [0.25, 0.3) is 11.3 Å². The van der Waals surface area contributed by atoms with Crippen molar-refractivity contribution in [2.45, 2.75) is 19.4 Å². The maximum atomic E-state index is 9.23. The Morgan fingerprint density at radius 2 is 2.25 bits per heavy atom. The third-order valence-electron chi connectivity index (χ3n) is 2.74. The summed E-state index contributed by atoms with van der Waals surface area (Å²) in [5, 5.41) is 9.23. The van der Waals surface area contributed by atoms with Gasteiger partial charge >= 0.3 is 0 Å². The summed E-state index contributed by atoms with van der Waals surface area (Å²) in [5.74, 6) is 5.69. The fourth-order valence-electron chi connectivity index (χ4n) is 1.85. The topological polar surface area (TPSA) is 46.0 Å². The van der Waals surface area contributed by atoms with Gasteiger partial charge in [0.05, 0.1) is 11.9 Å². The SMILES string of the molecule is C=CCc1ccc(C#CC(C)O)cc1-c1cnccn1. The van der Waals surface area contributed by atoms with Crippen LogP contribution in [0.2, 0.25) is 0 Å². The Bertz CT molecular complexity index is 652. The minimum Gasteiger partial charge on any atom is -0.381 e. The second kappa shape index (κ2) is 6.65. The molecule has 0 spiro atoms. The van der Waals surface area contributed by atoms with Crippen molar-refractivity contribution in [2.75, 3.05) is 0 Å². The maximum Gasteiger partial charge on any atom is 0.112 e. The van der Waals surface area contributed by atoms with Crippen LogP contribution in [0, 0.1) is 11.8 Å². The van der Waals surface area contributed by atoms with E-state index in [2.05, 4.69) is 28.4 Å².